The summed E-state index contributed by atoms with van der Waals surface area (Å²) in [4.78, 5) is 28.7. The van der Waals surface area contributed by atoms with E-state index >= 15 is 0 Å². The fourth-order valence-electron chi connectivity index (χ4n) is 4.02. The van der Waals surface area contributed by atoms with E-state index < -0.39 is 0 Å². The minimum atomic E-state index is -0.0726. The Morgan fingerprint density at radius 2 is 1.81 bits per heavy atom. The van der Waals surface area contributed by atoms with Crippen LogP contribution in [-0.4, -0.2) is 74.6 Å². The summed E-state index contributed by atoms with van der Waals surface area (Å²) >= 11 is 0. The predicted octanol–water partition coefficient (Wildman–Crippen LogP) is 2.56. The number of methoxy groups -OCH3 is 1. The van der Waals surface area contributed by atoms with Crippen LogP contribution in [0.4, 0.5) is 0 Å². The van der Waals surface area contributed by atoms with Gasteiger partial charge < -0.3 is 24.6 Å². The van der Waals surface area contributed by atoms with E-state index in [0.29, 0.717) is 11.5 Å². The molecule has 0 aromatic heterocycles. The van der Waals surface area contributed by atoms with E-state index in [9.17, 15) is 9.59 Å². The molecule has 1 saturated carbocycles. The van der Waals surface area contributed by atoms with Gasteiger partial charge in [-0.15, -0.1) is 0 Å². The molecule has 0 bridgehead atoms. The van der Waals surface area contributed by atoms with Crippen molar-refractivity contribution in [2.75, 3.05) is 46.9 Å². The smallest absolute Gasteiger partial charge is 0.260 e. The van der Waals surface area contributed by atoms with Gasteiger partial charge in [-0.2, -0.15) is 0 Å². The summed E-state index contributed by atoms with van der Waals surface area (Å²) in [6.45, 7) is 5.45. The van der Waals surface area contributed by atoms with Crippen LogP contribution in [0.2, 0.25) is 0 Å². The molecule has 1 N–H and O–H groups in total. The number of amides is 2. The van der Waals surface area contributed by atoms with E-state index in [1.54, 1.807) is 25.3 Å². The molecule has 0 unspecified atom stereocenters. The fraction of sp³-hybridized carbons (Fsp3) is 0.583. The van der Waals surface area contributed by atoms with Crippen LogP contribution < -0.4 is 14.8 Å². The number of ether oxygens (including phenoxy) is 2. The Morgan fingerprint density at radius 1 is 1.10 bits per heavy atom. The summed E-state index contributed by atoms with van der Waals surface area (Å²) in [7, 11) is 3.62. The van der Waals surface area contributed by atoms with Crippen LogP contribution in [0.25, 0.3) is 6.08 Å². The minimum Gasteiger partial charge on any atom is -0.493 e. The Balaban J connectivity index is 1.51. The molecular weight excluding hydrogens is 394 g/mol. The quantitative estimate of drug-likeness (QED) is 0.675. The first-order chi connectivity index (χ1) is 14.9. The lowest BCUT2D eigenvalue weighted by Crippen LogP contribution is -2.48. The molecule has 170 valence electrons. The van der Waals surface area contributed by atoms with Gasteiger partial charge in [0.15, 0.2) is 18.1 Å². The fourth-order valence-corrected chi connectivity index (χ4v) is 4.02. The van der Waals surface area contributed by atoms with Crippen LogP contribution >= 0.6 is 0 Å². The molecule has 7 nitrogen and oxygen atoms in total. The van der Waals surface area contributed by atoms with Crippen molar-refractivity contribution in [1.29, 1.82) is 0 Å². The number of hydrogen-bond donors (Lipinski definition) is 1. The summed E-state index contributed by atoms with van der Waals surface area (Å²) in [5.74, 6) is 1.72. The summed E-state index contributed by atoms with van der Waals surface area (Å²) in [6.07, 6.45) is 7.77. The molecule has 0 spiro atoms. The normalized spacial score (nSPS) is 22.4. The van der Waals surface area contributed by atoms with Gasteiger partial charge in [0.25, 0.3) is 5.91 Å². The molecule has 1 saturated heterocycles. The third-order valence-electron chi connectivity index (χ3n) is 6.18. The van der Waals surface area contributed by atoms with Gasteiger partial charge in [-0.1, -0.05) is 13.0 Å². The zero-order valence-electron chi connectivity index (χ0n) is 18.9. The number of benzene rings is 1. The van der Waals surface area contributed by atoms with E-state index in [-0.39, 0.29) is 24.5 Å². The monoisotopic (exact) mass is 429 g/mol. The van der Waals surface area contributed by atoms with Crippen LogP contribution in [0.5, 0.6) is 11.5 Å². The van der Waals surface area contributed by atoms with E-state index in [1.807, 2.05) is 17.0 Å². The highest BCUT2D eigenvalue weighted by Crippen LogP contribution is 2.29. The number of nitrogens with zero attached hydrogens (tertiary/aromatic N) is 2. The number of likely N-dealkylation sites (N-methyl/N-ethyl adjacent to an activating group) is 1. The third kappa shape index (κ3) is 6.99. The van der Waals surface area contributed by atoms with Crippen molar-refractivity contribution in [2.45, 2.75) is 38.6 Å². The molecule has 3 rings (SSSR count). The lowest BCUT2D eigenvalue weighted by Gasteiger charge is -2.32. The molecule has 1 heterocycles. The van der Waals surface area contributed by atoms with E-state index in [0.717, 1.165) is 50.5 Å². The second kappa shape index (κ2) is 11.2. The van der Waals surface area contributed by atoms with Crippen LogP contribution in [0.1, 0.15) is 38.2 Å². The first kappa shape index (κ1) is 23.1. The maximum Gasteiger partial charge on any atom is 0.260 e. The van der Waals surface area contributed by atoms with Crippen molar-refractivity contribution in [1.82, 2.24) is 15.1 Å². The van der Waals surface area contributed by atoms with Gasteiger partial charge in [-0.25, -0.2) is 0 Å². The molecule has 2 aliphatic rings. The van der Waals surface area contributed by atoms with Gasteiger partial charge in [-0.05, 0) is 62.4 Å². The highest BCUT2D eigenvalue weighted by molar-refractivity contribution is 5.92. The molecule has 0 atom stereocenters. The van der Waals surface area contributed by atoms with Gasteiger partial charge in [-0.3, -0.25) is 9.59 Å². The number of piperazine rings is 1. The maximum atomic E-state index is 12.4. The molecule has 2 amide bonds. The van der Waals surface area contributed by atoms with Gasteiger partial charge >= 0.3 is 0 Å². The van der Waals surface area contributed by atoms with Crippen molar-refractivity contribution in [2.24, 2.45) is 5.92 Å². The summed E-state index contributed by atoms with van der Waals surface area (Å²) < 4.78 is 11.2. The van der Waals surface area contributed by atoms with Gasteiger partial charge in [0.2, 0.25) is 5.91 Å². The SMILES string of the molecule is COc1cc(/C=C/C(=O)N[C@H]2CC[C@H](C)CC2)ccc1OCC(=O)N1CCN(C)CC1. The summed E-state index contributed by atoms with van der Waals surface area (Å²) in [6, 6.07) is 5.71. The van der Waals surface area contributed by atoms with E-state index in [1.165, 1.54) is 12.8 Å². The van der Waals surface area contributed by atoms with E-state index in [4.69, 9.17) is 9.47 Å². The first-order valence-electron chi connectivity index (χ1n) is 11.2. The minimum absolute atomic E-state index is 0.0162. The highest BCUT2D eigenvalue weighted by atomic mass is 16.5. The second-order valence-corrected chi connectivity index (χ2v) is 8.68. The van der Waals surface area contributed by atoms with Crippen LogP contribution in [0.15, 0.2) is 24.3 Å². The number of rotatable bonds is 7. The van der Waals surface area contributed by atoms with E-state index in [2.05, 4.69) is 24.2 Å². The van der Waals surface area contributed by atoms with Crippen molar-refractivity contribution in [3.63, 3.8) is 0 Å². The molecule has 1 aliphatic carbocycles. The number of hydrogen-bond acceptors (Lipinski definition) is 5. The first-order valence-corrected chi connectivity index (χ1v) is 11.2. The molecule has 1 aromatic carbocycles. The standard InChI is InChI=1S/C24H35N3O4/c1-18-4-8-20(9-5-18)25-23(28)11-7-19-6-10-21(22(16-19)30-3)31-17-24(29)27-14-12-26(2)13-15-27/h6-7,10-11,16,18,20H,4-5,8-9,12-15,17H2,1-3H3,(H,25,28)/b11-7+/t18-,20-. The Morgan fingerprint density at radius 3 is 2.48 bits per heavy atom. The molecule has 1 aromatic rings. The highest BCUT2D eigenvalue weighted by Gasteiger charge is 2.20. The molecule has 0 radical (unpaired) electrons. The molecule has 31 heavy (non-hydrogen) atoms. The van der Waals surface area contributed by atoms with Gasteiger partial charge in [0.1, 0.15) is 0 Å². The second-order valence-electron chi connectivity index (χ2n) is 8.68. The van der Waals surface area contributed by atoms with Crippen molar-refractivity contribution in [3.05, 3.63) is 29.8 Å². The maximum absolute atomic E-state index is 12.4. The topological polar surface area (TPSA) is 71.1 Å². The Kier molecular flexibility index (Phi) is 8.35. The largest absolute Gasteiger partial charge is 0.493 e. The lowest BCUT2D eigenvalue weighted by molar-refractivity contribution is -0.135. The summed E-state index contributed by atoms with van der Waals surface area (Å²) in [5, 5.41) is 3.09. The Bertz CT molecular complexity index is 779. The number of carbonyl (C=O) groups is 2. The summed E-state index contributed by atoms with van der Waals surface area (Å²) in [5.41, 5.74) is 0.835. The average Bonchev–Trinajstić information content (AvgIpc) is 2.78. The molecular formula is C24H35N3O4. The average molecular weight is 430 g/mol. The Labute approximate surface area is 185 Å². The van der Waals surface area contributed by atoms with Gasteiger partial charge in [0, 0.05) is 38.3 Å². The zero-order chi connectivity index (χ0) is 22.2. The van der Waals surface area contributed by atoms with Crippen LogP contribution in [0, 0.1) is 5.92 Å². The van der Waals surface area contributed by atoms with Crippen molar-refractivity contribution in [3.8, 4) is 11.5 Å². The van der Waals surface area contributed by atoms with Crippen LogP contribution in [-0.2, 0) is 9.59 Å². The molecule has 7 heteroatoms. The third-order valence-corrected chi connectivity index (χ3v) is 6.18. The van der Waals surface area contributed by atoms with Crippen molar-refractivity contribution < 1.29 is 19.1 Å². The molecule has 1 aliphatic heterocycles. The number of carbonyl (C=O) groups excluding carboxylic acids is 2. The molecule has 2 fully saturated rings. The Hall–Kier alpha value is -2.54. The zero-order valence-corrected chi connectivity index (χ0v) is 18.9. The van der Waals surface area contributed by atoms with Gasteiger partial charge in [0.05, 0.1) is 7.11 Å². The van der Waals surface area contributed by atoms with Crippen LogP contribution in [0.3, 0.4) is 0 Å². The predicted molar refractivity (Wildman–Crippen MR) is 121 cm³/mol. The van der Waals surface area contributed by atoms with Crippen molar-refractivity contribution >= 4 is 17.9 Å². The lowest BCUT2D eigenvalue weighted by atomic mass is 9.87. The number of nitrogens with one attached hydrogen (secondary N) is 1.